The second kappa shape index (κ2) is 9.03. The van der Waals surface area contributed by atoms with Crippen LogP contribution in [0.1, 0.15) is 72.6 Å². The van der Waals surface area contributed by atoms with E-state index in [0.29, 0.717) is 5.92 Å². The maximum atomic E-state index is 12.2. The highest BCUT2D eigenvalue weighted by Gasteiger charge is 2.59. The van der Waals surface area contributed by atoms with E-state index in [1.54, 1.807) is 0 Å². The van der Waals surface area contributed by atoms with Crippen molar-refractivity contribution in [1.82, 2.24) is 0 Å². The molecule has 6 unspecified atom stereocenters. The molecule has 6 nitrogen and oxygen atoms in total. The smallest absolute Gasteiger partial charge is 0.317 e. The average molecular weight is 447 g/mol. The van der Waals surface area contributed by atoms with Crippen LogP contribution in [0.3, 0.4) is 0 Å². The third kappa shape index (κ3) is 4.65. The lowest BCUT2D eigenvalue weighted by molar-refractivity contribution is -0.166. The maximum Gasteiger partial charge on any atom is 0.317 e. The fourth-order valence-corrected chi connectivity index (χ4v) is 6.68. The summed E-state index contributed by atoms with van der Waals surface area (Å²) >= 11 is 0. The summed E-state index contributed by atoms with van der Waals surface area (Å²) in [5, 5.41) is 0. The minimum absolute atomic E-state index is 0.0345. The van der Waals surface area contributed by atoms with Gasteiger partial charge in [-0.1, -0.05) is 39.3 Å². The van der Waals surface area contributed by atoms with E-state index < -0.39 is 11.9 Å². The maximum absolute atomic E-state index is 12.2. The summed E-state index contributed by atoms with van der Waals surface area (Å²) in [6.45, 7) is 12.5. The zero-order valence-electron chi connectivity index (χ0n) is 20.2. The summed E-state index contributed by atoms with van der Waals surface area (Å²) in [6.07, 6.45) is 9.51. The lowest BCUT2D eigenvalue weighted by Gasteiger charge is -2.61. The number of rotatable bonds is 6. The van der Waals surface area contributed by atoms with E-state index in [2.05, 4.69) is 38.2 Å². The zero-order chi connectivity index (χ0) is 23.7. The van der Waals surface area contributed by atoms with Crippen LogP contribution in [0.2, 0.25) is 0 Å². The van der Waals surface area contributed by atoms with Gasteiger partial charge in [0.25, 0.3) is 0 Å². The number of esters is 3. The van der Waals surface area contributed by atoms with Crippen LogP contribution in [-0.2, 0) is 28.6 Å². The van der Waals surface area contributed by atoms with Gasteiger partial charge in [-0.2, -0.15) is 0 Å². The Kier molecular flexibility index (Phi) is 6.92. The lowest BCUT2D eigenvalue weighted by Crippen LogP contribution is -2.56. The van der Waals surface area contributed by atoms with E-state index in [1.165, 1.54) is 19.6 Å². The summed E-state index contributed by atoms with van der Waals surface area (Å²) in [6, 6.07) is 0. The van der Waals surface area contributed by atoms with Gasteiger partial charge in [0.2, 0.25) is 0 Å². The molecule has 0 aliphatic heterocycles. The van der Waals surface area contributed by atoms with Crippen molar-refractivity contribution in [2.45, 2.75) is 78.7 Å². The molecule has 6 atom stereocenters. The molecule has 3 aliphatic rings. The molecule has 0 aromatic heterocycles. The van der Waals surface area contributed by atoms with Crippen molar-refractivity contribution in [1.29, 1.82) is 0 Å². The number of ether oxygens (including phenoxy) is 3. The second-order valence-corrected chi connectivity index (χ2v) is 10.8. The van der Waals surface area contributed by atoms with Gasteiger partial charge in [0.15, 0.2) is 0 Å². The molecule has 32 heavy (non-hydrogen) atoms. The summed E-state index contributed by atoms with van der Waals surface area (Å²) in [4.78, 5) is 35.6. The van der Waals surface area contributed by atoms with Gasteiger partial charge in [0.05, 0.1) is 13.7 Å². The summed E-state index contributed by atoms with van der Waals surface area (Å²) in [7, 11) is 1.26. The van der Waals surface area contributed by atoms with Crippen LogP contribution in [0.15, 0.2) is 24.3 Å². The topological polar surface area (TPSA) is 78.9 Å². The molecule has 0 heterocycles. The second-order valence-electron chi connectivity index (χ2n) is 10.8. The van der Waals surface area contributed by atoms with Crippen LogP contribution in [-0.4, -0.2) is 37.7 Å². The van der Waals surface area contributed by atoms with E-state index in [9.17, 15) is 14.4 Å². The molecule has 0 radical (unpaired) electrons. The molecule has 0 N–H and O–H groups in total. The predicted molar refractivity (Wildman–Crippen MR) is 120 cm³/mol. The molecule has 0 aromatic carbocycles. The fraction of sp³-hybridized carbons (Fsp3) is 0.731. The van der Waals surface area contributed by atoms with Crippen LogP contribution >= 0.6 is 0 Å². The molecule has 3 rings (SSSR count). The summed E-state index contributed by atoms with van der Waals surface area (Å²) in [5.41, 5.74) is 0.934. The zero-order valence-corrected chi connectivity index (χ0v) is 20.2. The highest BCUT2D eigenvalue weighted by molar-refractivity contribution is 5.91. The first-order valence-electron chi connectivity index (χ1n) is 11.7. The highest BCUT2D eigenvalue weighted by atomic mass is 16.6. The van der Waals surface area contributed by atoms with Gasteiger partial charge in [0.1, 0.15) is 12.5 Å². The number of hydrogen-bond donors (Lipinski definition) is 0. The normalized spacial score (nSPS) is 38.4. The number of hydrogen-bond acceptors (Lipinski definition) is 6. The quantitative estimate of drug-likeness (QED) is 0.253. The molecule has 0 saturated heterocycles. The third-order valence-corrected chi connectivity index (χ3v) is 8.44. The van der Waals surface area contributed by atoms with Crippen LogP contribution in [0.25, 0.3) is 0 Å². The lowest BCUT2D eigenvalue weighted by atomic mass is 9.45. The number of carbonyl (C=O) groups is 3. The SMILES string of the molecule is C=CC1(C)C=C2C(OC(C)=O)CC3C(C)(COC(=O)CC(=O)OC)CCCC3(C)C2CC1. The van der Waals surface area contributed by atoms with E-state index >= 15 is 0 Å². The number of allylic oxidation sites excluding steroid dienone is 2. The van der Waals surface area contributed by atoms with Crippen molar-refractivity contribution < 1.29 is 28.6 Å². The van der Waals surface area contributed by atoms with Gasteiger partial charge in [-0.15, -0.1) is 6.58 Å². The molecule has 6 heteroatoms. The van der Waals surface area contributed by atoms with Gasteiger partial charge in [0, 0.05) is 17.8 Å². The highest BCUT2D eigenvalue weighted by Crippen LogP contribution is 2.64. The van der Waals surface area contributed by atoms with Crippen molar-refractivity contribution in [3.63, 3.8) is 0 Å². The first-order valence-corrected chi connectivity index (χ1v) is 11.7. The molecule has 2 saturated carbocycles. The Labute approximate surface area is 191 Å². The number of methoxy groups -OCH3 is 1. The first-order chi connectivity index (χ1) is 15.0. The summed E-state index contributed by atoms with van der Waals surface area (Å²) in [5.74, 6) is -0.870. The van der Waals surface area contributed by atoms with Crippen LogP contribution < -0.4 is 0 Å². The molecule has 3 aliphatic carbocycles. The molecule has 0 aromatic rings. The average Bonchev–Trinajstić information content (AvgIpc) is 2.73. The van der Waals surface area contributed by atoms with Gasteiger partial charge >= 0.3 is 17.9 Å². The van der Waals surface area contributed by atoms with Crippen molar-refractivity contribution in [3.05, 3.63) is 24.3 Å². The Hall–Kier alpha value is -2.11. The Morgan fingerprint density at radius 1 is 1.16 bits per heavy atom. The van der Waals surface area contributed by atoms with Crippen LogP contribution in [0, 0.1) is 28.1 Å². The standard InChI is InChI=1S/C26H38O6/c1-7-24(3)12-9-19-18(15-24)20(32-17(2)27)13-21-25(4,10-8-11-26(19,21)5)16-31-23(29)14-22(28)30-6/h7,15,19-21H,1,8-14,16H2,2-6H3. The van der Waals surface area contributed by atoms with E-state index in [-0.39, 0.29) is 47.3 Å². The van der Waals surface area contributed by atoms with E-state index in [4.69, 9.17) is 9.47 Å². The minimum atomic E-state index is -0.594. The number of carbonyl (C=O) groups excluding carboxylic acids is 3. The fourth-order valence-electron chi connectivity index (χ4n) is 6.68. The van der Waals surface area contributed by atoms with E-state index in [0.717, 1.165) is 38.5 Å². The van der Waals surface area contributed by atoms with Crippen LogP contribution in [0.5, 0.6) is 0 Å². The van der Waals surface area contributed by atoms with Crippen molar-refractivity contribution in [3.8, 4) is 0 Å². The molecule has 0 amide bonds. The molecule has 0 spiro atoms. The Morgan fingerprint density at radius 2 is 1.88 bits per heavy atom. The van der Waals surface area contributed by atoms with Crippen LogP contribution in [0.4, 0.5) is 0 Å². The van der Waals surface area contributed by atoms with Crippen molar-refractivity contribution in [2.24, 2.45) is 28.1 Å². The minimum Gasteiger partial charge on any atom is -0.469 e. The first kappa shape index (κ1) is 24.5. The Bertz CT molecular complexity index is 815. The Morgan fingerprint density at radius 3 is 2.50 bits per heavy atom. The summed E-state index contributed by atoms with van der Waals surface area (Å²) < 4.78 is 16.0. The Balaban J connectivity index is 1.90. The monoisotopic (exact) mass is 446 g/mol. The van der Waals surface area contributed by atoms with Gasteiger partial charge < -0.3 is 14.2 Å². The molecule has 178 valence electrons. The van der Waals surface area contributed by atoms with E-state index in [1.807, 2.05) is 6.08 Å². The molecule has 0 bridgehead atoms. The predicted octanol–water partition coefficient (Wildman–Crippen LogP) is 4.77. The largest absolute Gasteiger partial charge is 0.469 e. The van der Waals surface area contributed by atoms with Crippen molar-refractivity contribution in [2.75, 3.05) is 13.7 Å². The molecule has 2 fully saturated rings. The van der Waals surface area contributed by atoms with Crippen molar-refractivity contribution >= 4 is 17.9 Å². The third-order valence-electron chi connectivity index (χ3n) is 8.44. The van der Waals surface area contributed by atoms with Gasteiger partial charge in [-0.25, -0.2) is 0 Å². The molecular weight excluding hydrogens is 408 g/mol. The van der Waals surface area contributed by atoms with Gasteiger partial charge in [-0.05, 0) is 54.9 Å². The molecular formula is C26H38O6. The number of fused-ring (bicyclic) bond motifs is 3. The van der Waals surface area contributed by atoms with Gasteiger partial charge in [-0.3, -0.25) is 14.4 Å².